The van der Waals surface area contributed by atoms with Gasteiger partial charge in [-0.3, -0.25) is 14.9 Å². The van der Waals surface area contributed by atoms with E-state index in [1.165, 1.54) is 30.3 Å². The molecule has 0 amide bonds. The third-order valence-electron chi connectivity index (χ3n) is 2.82. The fourth-order valence-corrected chi connectivity index (χ4v) is 1.75. The monoisotopic (exact) mass is 278 g/mol. The molecule has 0 N–H and O–H groups in total. The molecule has 0 saturated heterocycles. The molecule has 0 aliphatic heterocycles. The smallest absolute Gasteiger partial charge is 0.269 e. The maximum absolute atomic E-state index is 12.2. The largest absolute Gasteiger partial charge is 0.288 e. The van der Waals surface area contributed by atoms with Crippen LogP contribution in [0.3, 0.4) is 0 Å². The van der Waals surface area contributed by atoms with E-state index < -0.39 is 4.92 Å². The van der Waals surface area contributed by atoms with Crippen LogP contribution in [-0.2, 0) is 0 Å². The average molecular weight is 278 g/mol. The Morgan fingerprint density at radius 3 is 2.24 bits per heavy atom. The molecule has 0 fully saturated rings. The summed E-state index contributed by atoms with van der Waals surface area (Å²) in [5.41, 5.74) is 0.920. The summed E-state index contributed by atoms with van der Waals surface area (Å²) < 4.78 is 0. The number of nitrogens with zero attached hydrogens (tertiary/aromatic N) is 2. The molecule has 5 heteroatoms. The van der Waals surface area contributed by atoms with Crippen molar-refractivity contribution in [2.24, 2.45) is 0 Å². The number of nitro benzene ring substituents is 1. The summed E-state index contributed by atoms with van der Waals surface area (Å²) in [5.74, 6) is -0.378. The van der Waals surface area contributed by atoms with Crippen LogP contribution in [0.1, 0.15) is 15.9 Å². The van der Waals surface area contributed by atoms with E-state index >= 15 is 0 Å². The van der Waals surface area contributed by atoms with Gasteiger partial charge in [-0.05, 0) is 23.8 Å². The second kappa shape index (κ2) is 6.26. The van der Waals surface area contributed by atoms with Crippen molar-refractivity contribution in [2.75, 3.05) is 0 Å². The lowest BCUT2D eigenvalue weighted by Gasteiger charge is -1.99. The van der Waals surface area contributed by atoms with Crippen molar-refractivity contribution in [3.05, 3.63) is 81.4 Å². The zero-order chi connectivity index (χ0) is 15.2. The van der Waals surface area contributed by atoms with E-state index in [0.717, 1.165) is 0 Å². The Morgan fingerprint density at radius 2 is 1.71 bits per heavy atom. The minimum Gasteiger partial charge on any atom is -0.288 e. The first-order valence-electron chi connectivity index (χ1n) is 6.08. The molecular weight excluding hydrogens is 268 g/mol. The van der Waals surface area contributed by atoms with Crippen LogP contribution < -0.4 is 0 Å². The van der Waals surface area contributed by atoms with Gasteiger partial charge in [0.2, 0.25) is 5.78 Å². The van der Waals surface area contributed by atoms with E-state index in [9.17, 15) is 14.9 Å². The number of non-ortho nitro benzene ring substituents is 1. The highest BCUT2D eigenvalue weighted by Crippen LogP contribution is 2.16. The lowest BCUT2D eigenvalue weighted by molar-refractivity contribution is -0.384. The highest BCUT2D eigenvalue weighted by molar-refractivity contribution is 6.14. The fourth-order valence-electron chi connectivity index (χ4n) is 1.75. The molecule has 0 saturated carbocycles. The second-order valence-electron chi connectivity index (χ2n) is 4.21. The molecule has 2 rings (SSSR count). The molecule has 21 heavy (non-hydrogen) atoms. The van der Waals surface area contributed by atoms with Crippen molar-refractivity contribution in [3.63, 3.8) is 0 Å². The molecule has 0 heterocycles. The molecule has 5 nitrogen and oxygen atoms in total. The Kier molecular flexibility index (Phi) is 4.22. The lowest BCUT2D eigenvalue weighted by Crippen LogP contribution is -2.01. The van der Waals surface area contributed by atoms with Crippen LogP contribution in [0.4, 0.5) is 5.69 Å². The van der Waals surface area contributed by atoms with E-state index in [2.05, 4.69) is 0 Å². The molecule has 0 radical (unpaired) electrons. The van der Waals surface area contributed by atoms with Crippen LogP contribution in [0.2, 0.25) is 0 Å². The Bertz CT molecular complexity index is 741. The summed E-state index contributed by atoms with van der Waals surface area (Å²) >= 11 is 0. The van der Waals surface area contributed by atoms with Crippen molar-refractivity contribution < 1.29 is 9.72 Å². The first-order chi connectivity index (χ1) is 10.1. The van der Waals surface area contributed by atoms with E-state index in [1.54, 1.807) is 30.3 Å². The number of nitro groups is 1. The molecule has 0 spiro atoms. The standard InChI is InChI=1S/C16H10N2O3/c17-11-14(16(19)13-4-2-1-3-5-13)10-12-6-8-15(9-7-12)18(20)21/h1-10H/b14-10-. The molecule has 102 valence electrons. The van der Waals surface area contributed by atoms with Crippen LogP contribution in [-0.4, -0.2) is 10.7 Å². The number of hydrogen-bond acceptors (Lipinski definition) is 4. The van der Waals surface area contributed by atoms with Gasteiger partial charge in [-0.25, -0.2) is 0 Å². The van der Waals surface area contributed by atoms with Crippen molar-refractivity contribution in [2.45, 2.75) is 0 Å². The third kappa shape index (κ3) is 3.39. The van der Waals surface area contributed by atoms with Gasteiger partial charge < -0.3 is 0 Å². The summed E-state index contributed by atoms with van der Waals surface area (Å²) in [7, 11) is 0. The zero-order valence-electron chi connectivity index (χ0n) is 10.9. The van der Waals surface area contributed by atoms with Gasteiger partial charge in [0.1, 0.15) is 11.6 Å². The van der Waals surface area contributed by atoms with Gasteiger partial charge in [-0.1, -0.05) is 30.3 Å². The Hall–Kier alpha value is -3.26. The number of Topliss-reactive ketones (excluding diaryl/α,β-unsaturated/α-hetero) is 1. The van der Waals surface area contributed by atoms with Gasteiger partial charge in [0, 0.05) is 17.7 Å². The van der Waals surface area contributed by atoms with Gasteiger partial charge >= 0.3 is 0 Å². The van der Waals surface area contributed by atoms with E-state index in [1.807, 2.05) is 6.07 Å². The lowest BCUT2D eigenvalue weighted by atomic mass is 10.0. The fraction of sp³-hybridized carbons (Fsp3) is 0. The van der Waals surface area contributed by atoms with Gasteiger partial charge in [0.25, 0.3) is 5.69 Å². The van der Waals surface area contributed by atoms with Gasteiger partial charge in [-0.15, -0.1) is 0 Å². The second-order valence-corrected chi connectivity index (χ2v) is 4.21. The third-order valence-corrected chi connectivity index (χ3v) is 2.82. The summed E-state index contributed by atoms with van der Waals surface area (Å²) in [4.78, 5) is 22.2. The first kappa shape index (κ1) is 14.2. The molecule has 2 aromatic carbocycles. The highest BCUT2D eigenvalue weighted by Gasteiger charge is 2.12. The normalized spacial score (nSPS) is 10.7. The number of ketones is 1. The van der Waals surface area contributed by atoms with Gasteiger partial charge in [0.15, 0.2) is 0 Å². The van der Waals surface area contributed by atoms with E-state index in [0.29, 0.717) is 11.1 Å². The number of rotatable bonds is 4. The van der Waals surface area contributed by atoms with Crippen LogP contribution in [0, 0.1) is 21.4 Å². The highest BCUT2D eigenvalue weighted by atomic mass is 16.6. The molecule has 0 unspecified atom stereocenters. The summed E-state index contributed by atoms with van der Waals surface area (Å²) in [6.07, 6.45) is 1.42. The predicted molar refractivity (Wildman–Crippen MR) is 77.5 cm³/mol. The topological polar surface area (TPSA) is 84.0 Å². The maximum Gasteiger partial charge on any atom is 0.269 e. The summed E-state index contributed by atoms with van der Waals surface area (Å²) in [6, 6.07) is 16.0. The van der Waals surface area contributed by atoms with Crippen LogP contribution in [0.5, 0.6) is 0 Å². The Morgan fingerprint density at radius 1 is 1.10 bits per heavy atom. The predicted octanol–water partition coefficient (Wildman–Crippen LogP) is 3.38. The Balaban J connectivity index is 2.31. The van der Waals surface area contributed by atoms with Crippen molar-refractivity contribution >= 4 is 17.5 Å². The number of allylic oxidation sites excluding steroid dienone is 1. The molecular formula is C16H10N2O3. The number of carbonyl (C=O) groups excluding carboxylic acids is 1. The number of hydrogen-bond donors (Lipinski definition) is 0. The van der Waals surface area contributed by atoms with Crippen LogP contribution in [0.15, 0.2) is 60.2 Å². The average Bonchev–Trinajstić information content (AvgIpc) is 2.53. The molecule has 0 aliphatic rings. The minimum absolute atomic E-state index is 0.0185. The van der Waals surface area contributed by atoms with Gasteiger partial charge in [-0.2, -0.15) is 5.26 Å². The van der Waals surface area contributed by atoms with E-state index in [4.69, 9.17) is 5.26 Å². The molecule has 0 atom stereocenters. The molecule has 0 bridgehead atoms. The van der Waals surface area contributed by atoms with Crippen LogP contribution in [0.25, 0.3) is 6.08 Å². The minimum atomic E-state index is -0.506. The molecule has 0 aliphatic carbocycles. The maximum atomic E-state index is 12.2. The summed E-state index contributed by atoms with van der Waals surface area (Å²) in [6.45, 7) is 0. The Labute approximate surface area is 120 Å². The zero-order valence-corrected chi connectivity index (χ0v) is 10.9. The van der Waals surface area contributed by atoms with E-state index in [-0.39, 0.29) is 17.0 Å². The quantitative estimate of drug-likeness (QED) is 0.282. The SMILES string of the molecule is N#C/C(=C/c1ccc([N+](=O)[O-])cc1)C(=O)c1ccccc1. The number of nitriles is 1. The van der Waals surface area contributed by atoms with Crippen molar-refractivity contribution in [3.8, 4) is 6.07 Å². The van der Waals surface area contributed by atoms with Crippen molar-refractivity contribution in [1.82, 2.24) is 0 Å². The number of benzene rings is 2. The molecule has 0 aromatic heterocycles. The summed E-state index contributed by atoms with van der Waals surface area (Å²) in [5, 5.41) is 19.7. The number of carbonyl (C=O) groups is 1. The van der Waals surface area contributed by atoms with Crippen molar-refractivity contribution in [1.29, 1.82) is 5.26 Å². The van der Waals surface area contributed by atoms with Gasteiger partial charge in [0.05, 0.1) is 4.92 Å². The molecule has 2 aromatic rings. The first-order valence-corrected chi connectivity index (χ1v) is 6.08. The van der Waals surface area contributed by atoms with Crippen LogP contribution >= 0.6 is 0 Å².